The van der Waals surface area contributed by atoms with E-state index in [0.29, 0.717) is 0 Å². The second-order valence-electron chi connectivity index (χ2n) is 6.13. The molecule has 0 aliphatic rings. The summed E-state index contributed by atoms with van der Waals surface area (Å²) in [5.41, 5.74) is 0.0491. The quantitative estimate of drug-likeness (QED) is 0.303. The number of unbranched alkanes of at least 4 members (excludes halogenated alkanes) is 2. The smallest absolute Gasteiger partial charge is 0.406 e. The van der Waals surface area contributed by atoms with Gasteiger partial charge in [-0.25, -0.2) is 0 Å². The van der Waals surface area contributed by atoms with Gasteiger partial charge in [0.2, 0.25) is 5.78 Å². The number of rotatable bonds is 8. The number of carbonyl (C=O) groups is 1. The number of ether oxygens (including phenoxy) is 1. The van der Waals surface area contributed by atoms with E-state index in [0.717, 1.165) is 55.5 Å². The van der Waals surface area contributed by atoms with E-state index in [2.05, 4.69) is 11.7 Å². The van der Waals surface area contributed by atoms with Crippen LogP contribution in [0.1, 0.15) is 47.7 Å². The monoisotopic (exact) mass is 386 g/mol. The van der Waals surface area contributed by atoms with Crippen LogP contribution >= 0.6 is 0 Å². The zero-order valence-electron chi connectivity index (χ0n) is 14.7. The average molecular weight is 386 g/mol. The molecule has 146 valence electrons. The van der Waals surface area contributed by atoms with Gasteiger partial charge in [-0.05, 0) is 42.7 Å². The fourth-order valence-corrected chi connectivity index (χ4v) is 2.58. The number of carbonyl (C=O) groups excluding carboxylic acids is 1. The van der Waals surface area contributed by atoms with Crippen molar-refractivity contribution in [2.45, 2.75) is 44.9 Å². The van der Waals surface area contributed by atoms with E-state index >= 15 is 0 Å². The molecule has 0 spiro atoms. The first-order valence-corrected chi connectivity index (χ1v) is 8.51. The van der Waals surface area contributed by atoms with E-state index < -0.39 is 34.9 Å². The number of alkyl halides is 5. The van der Waals surface area contributed by atoms with Crippen molar-refractivity contribution in [1.29, 1.82) is 0 Å². The minimum Gasteiger partial charge on any atom is -0.406 e. The summed E-state index contributed by atoms with van der Waals surface area (Å²) in [4.78, 5) is 12.1. The lowest BCUT2D eigenvalue weighted by atomic mass is 9.97. The van der Waals surface area contributed by atoms with Crippen molar-refractivity contribution in [1.82, 2.24) is 0 Å². The second kappa shape index (κ2) is 8.50. The third-order valence-corrected chi connectivity index (χ3v) is 4.02. The molecular weight excluding hydrogens is 367 g/mol. The highest BCUT2D eigenvalue weighted by Crippen LogP contribution is 2.33. The molecule has 0 saturated carbocycles. The fraction of sp³-hybridized carbons (Fsp3) is 0.350. The average Bonchev–Trinajstić information content (AvgIpc) is 2.61. The molecule has 0 heterocycles. The molecule has 0 aliphatic carbocycles. The first-order valence-electron chi connectivity index (χ1n) is 8.51. The summed E-state index contributed by atoms with van der Waals surface area (Å²) in [5.74, 6) is -5.85. The predicted octanol–water partition coefficient (Wildman–Crippen LogP) is 6.29. The Kier molecular flexibility index (Phi) is 6.57. The van der Waals surface area contributed by atoms with Gasteiger partial charge in [0, 0.05) is 11.1 Å². The summed E-state index contributed by atoms with van der Waals surface area (Å²) >= 11 is 0. The zero-order valence-corrected chi connectivity index (χ0v) is 14.7. The van der Waals surface area contributed by atoms with E-state index in [4.69, 9.17) is 0 Å². The van der Waals surface area contributed by atoms with Gasteiger partial charge in [-0.3, -0.25) is 4.79 Å². The van der Waals surface area contributed by atoms with Gasteiger partial charge in [-0.15, -0.1) is 13.2 Å². The topological polar surface area (TPSA) is 26.3 Å². The van der Waals surface area contributed by atoms with Crippen molar-refractivity contribution in [3.05, 3.63) is 65.2 Å². The molecule has 0 fully saturated rings. The molecular formula is C20H19F5O2. The molecule has 2 aromatic carbocycles. The Morgan fingerprint density at radius 3 is 2.00 bits per heavy atom. The van der Waals surface area contributed by atoms with Crippen LogP contribution in [0.2, 0.25) is 0 Å². The summed E-state index contributed by atoms with van der Waals surface area (Å²) in [5, 5.41) is 0. The molecule has 0 radical (unpaired) electrons. The third-order valence-electron chi connectivity index (χ3n) is 4.02. The lowest BCUT2D eigenvalue weighted by Crippen LogP contribution is -2.26. The van der Waals surface area contributed by atoms with Crippen LogP contribution in [0.15, 0.2) is 48.5 Å². The normalized spacial score (nSPS) is 12.1. The van der Waals surface area contributed by atoms with E-state index in [-0.39, 0.29) is 0 Å². The summed E-state index contributed by atoms with van der Waals surface area (Å²) in [6, 6.07) is 8.97. The van der Waals surface area contributed by atoms with Crippen LogP contribution in [0.4, 0.5) is 22.0 Å². The van der Waals surface area contributed by atoms with Crippen molar-refractivity contribution in [2.24, 2.45) is 0 Å². The van der Waals surface area contributed by atoms with Gasteiger partial charge in [-0.2, -0.15) is 8.78 Å². The Balaban J connectivity index is 2.12. The molecule has 0 atom stereocenters. The molecule has 27 heavy (non-hydrogen) atoms. The van der Waals surface area contributed by atoms with Crippen molar-refractivity contribution in [3.63, 3.8) is 0 Å². The maximum Gasteiger partial charge on any atom is 0.573 e. The molecule has 0 aromatic heterocycles. The number of hydrogen-bond acceptors (Lipinski definition) is 2. The van der Waals surface area contributed by atoms with Crippen LogP contribution in [-0.4, -0.2) is 12.1 Å². The number of halogens is 5. The van der Waals surface area contributed by atoms with Gasteiger partial charge < -0.3 is 4.74 Å². The summed E-state index contributed by atoms with van der Waals surface area (Å²) in [6.07, 6.45) is -1.07. The van der Waals surface area contributed by atoms with E-state index in [1.54, 1.807) is 12.1 Å². The standard InChI is InChI=1S/C20H19F5O2/c1-2-3-4-5-14-6-10-16(11-7-14)19(21,22)18(26)15-8-12-17(13-9-15)27-20(23,24)25/h6-13H,2-5H2,1H3. The highest BCUT2D eigenvalue weighted by molar-refractivity contribution is 6.01. The van der Waals surface area contributed by atoms with Crippen LogP contribution in [0.5, 0.6) is 5.75 Å². The molecule has 2 aromatic rings. The maximum atomic E-state index is 14.5. The molecule has 2 nitrogen and oxygen atoms in total. The molecule has 0 unspecified atom stereocenters. The van der Waals surface area contributed by atoms with Crippen molar-refractivity contribution in [2.75, 3.05) is 0 Å². The minimum absolute atomic E-state index is 0.401. The molecule has 0 bridgehead atoms. The minimum atomic E-state index is -4.89. The zero-order chi connectivity index (χ0) is 20.1. The Bertz CT molecular complexity index is 749. The van der Waals surface area contributed by atoms with Crippen LogP contribution in [-0.2, 0) is 12.3 Å². The lowest BCUT2D eigenvalue weighted by Gasteiger charge is -2.16. The summed E-state index contributed by atoms with van der Waals surface area (Å²) in [7, 11) is 0. The Hall–Kier alpha value is -2.44. The lowest BCUT2D eigenvalue weighted by molar-refractivity contribution is -0.274. The number of Topliss-reactive ketones (excluding diaryl/α,β-unsaturated/α-hetero) is 1. The molecule has 0 saturated heterocycles. The Morgan fingerprint density at radius 1 is 0.889 bits per heavy atom. The molecule has 2 rings (SSSR count). The van der Waals surface area contributed by atoms with E-state index in [1.807, 2.05) is 0 Å². The first-order chi connectivity index (χ1) is 12.6. The molecule has 0 aliphatic heterocycles. The van der Waals surface area contributed by atoms with Crippen LogP contribution < -0.4 is 4.74 Å². The molecule has 0 amide bonds. The van der Waals surface area contributed by atoms with Crippen molar-refractivity contribution in [3.8, 4) is 5.75 Å². The SMILES string of the molecule is CCCCCc1ccc(C(F)(F)C(=O)c2ccc(OC(F)(F)F)cc2)cc1. The Labute approximate surface area is 154 Å². The summed E-state index contributed by atoms with van der Waals surface area (Å²) < 4.78 is 69.0. The van der Waals surface area contributed by atoms with E-state index in [9.17, 15) is 26.7 Å². The number of benzene rings is 2. The van der Waals surface area contributed by atoms with Crippen LogP contribution in [0, 0.1) is 0 Å². The molecule has 0 N–H and O–H groups in total. The van der Waals surface area contributed by atoms with E-state index in [1.165, 1.54) is 12.1 Å². The predicted molar refractivity (Wildman–Crippen MR) is 91.0 cm³/mol. The van der Waals surface area contributed by atoms with Crippen LogP contribution in [0.3, 0.4) is 0 Å². The van der Waals surface area contributed by atoms with Gasteiger partial charge in [0.15, 0.2) is 0 Å². The van der Waals surface area contributed by atoms with Gasteiger partial charge in [0.05, 0.1) is 0 Å². The van der Waals surface area contributed by atoms with Crippen LogP contribution in [0.25, 0.3) is 0 Å². The van der Waals surface area contributed by atoms with Crippen molar-refractivity contribution < 1.29 is 31.5 Å². The second-order valence-corrected chi connectivity index (χ2v) is 6.13. The van der Waals surface area contributed by atoms with Gasteiger partial charge in [0.25, 0.3) is 0 Å². The maximum absolute atomic E-state index is 14.5. The van der Waals surface area contributed by atoms with Gasteiger partial charge in [0.1, 0.15) is 5.75 Å². The largest absolute Gasteiger partial charge is 0.573 e. The first kappa shape index (κ1) is 20.9. The highest BCUT2D eigenvalue weighted by Gasteiger charge is 2.41. The number of aryl methyl sites for hydroxylation is 1. The molecule has 7 heteroatoms. The van der Waals surface area contributed by atoms with Gasteiger partial charge in [-0.1, -0.05) is 44.0 Å². The fourth-order valence-electron chi connectivity index (χ4n) is 2.58. The third kappa shape index (κ3) is 5.77. The van der Waals surface area contributed by atoms with Crippen molar-refractivity contribution >= 4 is 5.78 Å². The summed E-state index contributed by atoms with van der Waals surface area (Å²) in [6.45, 7) is 2.07. The highest BCUT2D eigenvalue weighted by atomic mass is 19.4. The number of hydrogen-bond donors (Lipinski definition) is 0. The Morgan fingerprint density at radius 2 is 1.48 bits per heavy atom. The van der Waals surface area contributed by atoms with Gasteiger partial charge >= 0.3 is 12.3 Å². The number of ketones is 1.